The third-order valence-corrected chi connectivity index (χ3v) is 2.65. The Bertz CT molecular complexity index is 285. The van der Waals surface area contributed by atoms with Gasteiger partial charge in [-0.15, -0.1) is 11.3 Å². The summed E-state index contributed by atoms with van der Waals surface area (Å²) < 4.78 is 0. The van der Waals surface area contributed by atoms with Gasteiger partial charge in [0.1, 0.15) is 5.01 Å². The number of carboxylic acids is 1. The molecule has 1 N–H and O–H groups in total. The van der Waals surface area contributed by atoms with Crippen LogP contribution >= 0.6 is 11.3 Å². The van der Waals surface area contributed by atoms with Gasteiger partial charge in [0.2, 0.25) is 0 Å². The molecule has 0 spiro atoms. The zero-order chi connectivity index (χ0) is 10.6. The minimum absolute atomic E-state index is 0.0667. The summed E-state index contributed by atoms with van der Waals surface area (Å²) in [5, 5.41) is 11.6. The van der Waals surface area contributed by atoms with Crippen LogP contribution in [-0.2, 0) is 11.3 Å². The number of hydrogen-bond donors (Lipinski definition) is 1. The van der Waals surface area contributed by atoms with E-state index in [0.717, 1.165) is 5.01 Å². The number of aliphatic carboxylic acids is 1. The van der Waals surface area contributed by atoms with Gasteiger partial charge in [-0.1, -0.05) is 0 Å². The molecule has 1 aromatic rings. The molecular weight excluding hydrogens is 200 g/mol. The summed E-state index contributed by atoms with van der Waals surface area (Å²) in [7, 11) is 0. The van der Waals surface area contributed by atoms with Gasteiger partial charge in [0, 0.05) is 17.6 Å². The van der Waals surface area contributed by atoms with Crippen LogP contribution in [0.2, 0.25) is 0 Å². The van der Waals surface area contributed by atoms with E-state index in [4.69, 9.17) is 5.11 Å². The second kappa shape index (κ2) is 5.07. The summed E-state index contributed by atoms with van der Waals surface area (Å²) >= 11 is 1.55. The smallest absolute Gasteiger partial charge is 0.317 e. The molecule has 0 amide bonds. The zero-order valence-corrected chi connectivity index (χ0v) is 9.12. The molecular formula is C9H14N2O2S. The van der Waals surface area contributed by atoms with Gasteiger partial charge in [-0.2, -0.15) is 0 Å². The van der Waals surface area contributed by atoms with E-state index < -0.39 is 5.97 Å². The second-order valence-electron chi connectivity index (χ2n) is 3.32. The first kappa shape index (κ1) is 11.1. The van der Waals surface area contributed by atoms with E-state index in [1.54, 1.807) is 17.5 Å². The van der Waals surface area contributed by atoms with Gasteiger partial charge < -0.3 is 5.11 Å². The highest BCUT2D eigenvalue weighted by molar-refractivity contribution is 7.09. The lowest BCUT2D eigenvalue weighted by Crippen LogP contribution is -2.35. The Kier molecular flexibility index (Phi) is 4.03. The van der Waals surface area contributed by atoms with Gasteiger partial charge in [-0.25, -0.2) is 4.98 Å². The molecule has 0 aliphatic heterocycles. The molecule has 0 radical (unpaired) electrons. The van der Waals surface area contributed by atoms with Crippen molar-refractivity contribution < 1.29 is 9.90 Å². The predicted molar refractivity (Wildman–Crippen MR) is 55.3 cm³/mol. The lowest BCUT2D eigenvalue weighted by Gasteiger charge is -2.22. The average Bonchev–Trinajstić information content (AvgIpc) is 2.54. The number of rotatable bonds is 5. The van der Waals surface area contributed by atoms with Crippen LogP contribution < -0.4 is 0 Å². The van der Waals surface area contributed by atoms with Gasteiger partial charge in [-0.05, 0) is 13.8 Å². The van der Waals surface area contributed by atoms with E-state index in [9.17, 15) is 4.79 Å². The van der Waals surface area contributed by atoms with Crippen molar-refractivity contribution in [2.75, 3.05) is 6.54 Å². The molecule has 0 unspecified atom stereocenters. The average molecular weight is 214 g/mol. The highest BCUT2D eigenvalue weighted by atomic mass is 32.1. The fourth-order valence-electron chi connectivity index (χ4n) is 1.10. The summed E-state index contributed by atoms with van der Waals surface area (Å²) in [6.45, 7) is 4.64. The van der Waals surface area contributed by atoms with Crippen LogP contribution in [-0.4, -0.2) is 33.5 Å². The topological polar surface area (TPSA) is 53.4 Å². The van der Waals surface area contributed by atoms with Crippen LogP contribution in [0.1, 0.15) is 18.9 Å². The van der Waals surface area contributed by atoms with Crippen LogP contribution in [0, 0.1) is 0 Å². The fourth-order valence-corrected chi connectivity index (χ4v) is 1.74. The van der Waals surface area contributed by atoms with Crippen molar-refractivity contribution in [2.45, 2.75) is 26.4 Å². The Labute approximate surface area is 87.2 Å². The Morgan fingerprint density at radius 2 is 2.43 bits per heavy atom. The Balaban J connectivity index is 2.56. The van der Waals surface area contributed by atoms with Crippen molar-refractivity contribution >= 4 is 17.3 Å². The predicted octanol–water partition coefficient (Wildman–Crippen LogP) is 1.44. The quantitative estimate of drug-likeness (QED) is 0.805. The van der Waals surface area contributed by atoms with E-state index in [-0.39, 0.29) is 12.6 Å². The SMILES string of the molecule is CC(C)N(CC(=O)O)Cc1nccs1. The number of thiazole rings is 1. The third-order valence-electron chi connectivity index (χ3n) is 1.89. The molecule has 0 aromatic carbocycles. The molecule has 0 saturated carbocycles. The van der Waals surface area contributed by atoms with Gasteiger partial charge in [0.05, 0.1) is 13.1 Å². The molecule has 78 valence electrons. The van der Waals surface area contributed by atoms with Gasteiger partial charge in [-0.3, -0.25) is 9.69 Å². The summed E-state index contributed by atoms with van der Waals surface area (Å²) in [5.74, 6) is -0.796. The number of carboxylic acid groups (broad SMARTS) is 1. The lowest BCUT2D eigenvalue weighted by atomic mass is 10.3. The Morgan fingerprint density at radius 3 is 2.86 bits per heavy atom. The van der Waals surface area contributed by atoms with Crippen LogP contribution in [0.5, 0.6) is 0 Å². The normalized spacial score (nSPS) is 11.1. The summed E-state index contributed by atoms with van der Waals surface area (Å²) in [6, 6.07) is 0.218. The number of carbonyl (C=O) groups is 1. The van der Waals surface area contributed by atoms with Crippen LogP contribution in [0.3, 0.4) is 0 Å². The molecule has 4 nitrogen and oxygen atoms in total. The van der Waals surface area contributed by atoms with Crippen molar-refractivity contribution in [3.63, 3.8) is 0 Å². The number of hydrogen-bond acceptors (Lipinski definition) is 4. The van der Waals surface area contributed by atoms with Crippen molar-refractivity contribution in [2.24, 2.45) is 0 Å². The summed E-state index contributed by atoms with van der Waals surface area (Å²) in [6.07, 6.45) is 1.74. The summed E-state index contributed by atoms with van der Waals surface area (Å²) in [5.41, 5.74) is 0. The third kappa shape index (κ3) is 3.43. The molecule has 14 heavy (non-hydrogen) atoms. The first-order chi connectivity index (χ1) is 6.59. The molecule has 0 saturated heterocycles. The van der Waals surface area contributed by atoms with E-state index in [1.165, 1.54) is 0 Å². The highest BCUT2D eigenvalue weighted by Gasteiger charge is 2.14. The van der Waals surface area contributed by atoms with Crippen LogP contribution in [0.4, 0.5) is 0 Å². The van der Waals surface area contributed by atoms with Crippen LogP contribution in [0.15, 0.2) is 11.6 Å². The molecule has 1 aromatic heterocycles. The standard InChI is InChI=1S/C9H14N2O2S/c1-7(2)11(6-9(12)13)5-8-10-3-4-14-8/h3-4,7H,5-6H2,1-2H3,(H,12,13). The minimum Gasteiger partial charge on any atom is -0.480 e. The van der Waals surface area contributed by atoms with Gasteiger partial charge >= 0.3 is 5.97 Å². The number of aromatic nitrogens is 1. The van der Waals surface area contributed by atoms with Crippen molar-refractivity contribution in [1.29, 1.82) is 0 Å². The maximum atomic E-state index is 10.6. The van der Waals surface area contributed by atoms with Crippen molar-refractivity contribution in [3.05, 3.63) is 16.6 Å². The highest BCUT2D eigenvalue weighted by Crippen LogP contribution is 2.10. The number of nitrogens with zero attached hydrogens (tertiary/aromatic N) is 2. The van der Waals surface area contributed by atoms with Crippen LogP contribution in [0.25, 0.3) is 0 Å². The monoisotopic (exact) mass is 214 g/mol. The molecule has 0 aliphatic rings. The maximum Gasteiger partial charge on any atom is 0.317 e. The van der Waals surface area contributed by atoms with E-state index >= 15 is 0 Å². The van der Waals surface area contributed by atoms with E-state index in [0.29, 0.717) is 6.54 Å². The first-order valence-electron chi connectivity index (χ1n) is 4.44. The zero-order valence-electron chi connectivity index (χ0n) is 8.30. The van der Waals surface area contributed by atoms with Gasteiger partial charge in [0.15, 0.2) is 0 Å². The molecule has 0 atom stereocenters. The Hall–Kier alpha value is -0.940. The van der Waals surface area contributed by atoms with E-state index in [1.807, 2.05) is 24.1 Å². The maximum absolute atomic E-state index is 10.6. The van der Waals surface area contributed by atoms with Gasteiger partial charge in [0.25, 0.3) is 0 Å². The molecule has 0 aliphatic carbocycles. The first-order valence-corrected chi connectivity index (χ1v) is 5.31. The lowest BCUT2D eigenvalue weighted by molar-refractivity contribution is -0.138. The van der Waals surface area contributed by atoms with Crippen molar-refractivity contribution in [3.8, 4) is 0 Å². The molecule has 0 bridgehead atoms. The second-order valence-corrected chi connectivity index (χ2v) is 4.30. The fraction of sp³-hybridized carbons (Fsp3) is 0.556. The molecule has 0 fully saturated rings. The molecule has 1 heterocycles. The minimum atomic E-state index is -0.796. The molecule has 1 rings (SSSR count). The van der Waals surface area contributed by atoms with E-state index in [2.05, 4.69) is 4.98 Å². The largest absolute Gasteiger partial charge is 0.480 e. The Morgan fingerprint density at radius 1 is 1.71 bits per heavy atom. The molecule has 5 heteroatoms. The van der Waals surface area contributed by atoms with Crippen molar-refractivity contribution in [1.82, 2.24) is 9.88 Å². The summed E-state index contributed by atoms with van der Waals surface area (Å²) in [4.78, 5) is 16.6.